The highest BCUT2D eigenvalue weighted by Crippen LogP contribution is 2.28. The van der Waals surface area contributed by atoms with E-state index in [-0.39, 0.29) is 6.54 Å². The van der Waals surface area contributed by atoms with Gasteiger partial charge in [-0.05, 0) is 25.0 Å². The van der Waals surface area contributed by atoms with Crippen molar-refractivity contribution < 1.29 is 8.42 Å². The van der Waals surface area contributed by atoms with Crippen molar-refractivity contribution in [2.24, 2.45) is 0 Å². The van der Waals surface area contributed by atoms with E-state index in [1.165, 1.54) is 15.6 Å². The number of aryl methyl sites for hydroxylation is 1. The fraction of sp³-hybridized carbons (Fsp3) is 0.600. The molecule has 0 amide bonds. The maximum absolute atomic E-state index is 12.6. The minimum Gasteiger partial charge on any atom is -0.310 e. The second kappa shape index (κ2) is 7.95. The van der Waals surface area contributed by atoms with E-state index in [9.17, 15) is 8.42 Å². The number of rotatable bonds is 8. The van der Waals surface area contributed by atoms with Crippen LogP contribution < -0.4 is 5.32 Å². The van der Waals surface area contributed by atoms with Crippen LogP contribution in [0.15, 0.2) is 10.3 Å². The van der Waals surface area contributed by atoms with Crippen LogP contribution >= 0.6 is 11.3 Å². The van der Waals surface area contributed by atoms with E-state index < -0.39 is 10.0 Å². The smallest absolute Gasteiger partial charge is 0.253 e. The standard InChI is InChI=1S/C15H24N2O2S2/c1-6-8-17(9-7-2)21(18,19)15-10-13(5)14(20-15)11-16-12(3)4/h1,10,12,16H,7-9,11H2,2-5H3. The first kappa shape index (κ1) is 18.2. The minimum atomic E-state index is -3.48. The zero-order valence-corrected chi connectivity index (χ0v) is 14.8. The topological polar surface area (TPSA) is 49.4 Å². The van der Waals surface area contributed by atoms with Crippen LogP contribution in [-0.4, -0.2) is 31.9 Å². The Morgan fingerprint density at radius 2 is 2.14 bits per heavy atom. The molecule has 21 heavy (non-hydrogen) atoms. The molecule has 1 aromatic heterocycles. The summed E-state index contributed by atoms with van der Waals surface area (Å²) < 4.78 is 27.0. The molecule has 118 valence electrons. The molecule has 0 saturated heterocycles. The molecule has 1 heterocycles. The van der Waals surface area contributed by atoms with Gasteiger partial charge in [0.25, 0.3) is 10.0 Å². The zero-order chi connectivity index (χ0) is 16.0. The fourth-order valence-corrected chi connectivity index (χ4v) is 4.99. The number of hydrogen-bond acceptors (Lipinski definition) is 4. The Hall–Kier alpha value is -0.870. The largest absolute Gasteiger partial charge is 0.310 e. The molecule has 4 nitrogen and oxygen atoms in total. The molecule has 0 atom stereocenters. The maximum Gasteiger partial charge on any atom is 0.253 e. The quantitative estimate of drug-likeness (QED) is 0.746. The molecule has 0 spiro atoms. The van der Waals surface area contributed by atoms with Crippen molar-refractivity contribution in [2.75, 3.05) is 13.1 Å². The van der Waals surface area contributed by atoms with Crippen LogP contribution in [-0.2, 0) is 16.6 Å². The van der Waals surface area contributed by atoms with Crippen molar-refractivity contribution >= 4 is 21.4 Å². The summed E-state index contributed by atoms with van der Waals surface area (Å²) in [6, 6.07) is 2.11. The van der Waals surface area contributed by atoms with Gasteiger partial charge in [-0.2, -0.15) is 4.31 Å². The van der Waals surface area contributed by atoms with Gasteiger partial charge in [0.15, 0.2) is 0 Å². The number of hydrogen-bond donors (Lipinski definition) is 1. The van der Waals surface area contributed by atoms with Crippen molar-refractivity contribution in [3.63, 3.8) is 0 Å². The first-order valence-corrected chi connectivity index (χ1v) is 9.34. The zero-order valence-electron chi connectivity index (χ0n) is 13.1. The fourth-order valence-electron chi connectivity index (χ4n) is 1.85. The minimum absolute atomic E-state index is 0.118. The molecular weight excluding hydrogens is 304 g/mol. The van der Waals surface area contributed by atoms with Gasteiger partial charge in [-0.15, -0.1) is 17.8 Å². The first-order chi connectivity index (χ1) is 9.82. The van der Waals surface area contributed by atoms with Gasteiger partial charge in [-0.3, -0.25) is 0 Å². The average Bonchev–Trinajstić information content (AvgIpc) is 2.78. The van der Waals surface area contributed by atoms with Crippen molar-refractivity contribution in [2.45, 2.75) is 50.9 Å². The van der Waals surface area contributed by atoms with Crippen LogP contribution in [0, 0.1) is 19.3 Å². The summed E-state index contributed by atoms with van der Waals surface area (Å²) in [6.07, 6.45) is 6.03. The summed E-state index contributed by atoms with van der Waals surface area (Å²) in [5, 5.41) is 3.32. The summed E-state index contributed by atoms with van der Waals surface area (Å²) in [4.78, 5) is 1.06. The van der Waals surface area contributed by atoms with Crippen LogP contribution in [0.1, 0.15) is 37.6 Å². The van der Waals surface area contributed by atoms with E-state index in [0.717, 1.165) is 16.9 Å². The molecule has 0 saturated carbocycles. The molecule has 0 unspecified atom stereocenters. The van der Waals surface area contributed by atoms with Crippen molar-refractivity contribution in [3.05, 3.63) is 16.5 Å². The Kier molecular flexibility index (Phi) is 6.88. The molecule has 0 aliphatic carbocycles. The monoisotopic (exact) mass is 328 g/mol. The highest BCUT2D eigenvalue weighted by molar-refractivity contribution is 7.91. The summed E-state index contributed by atoms with van der Waals surface area (Å²) in [7, 11) is -3.48. The Morgan fingerprint density at radius 1 is 1.48 bits per heavy atom. The number of nitrogens with zero attached hydrogens (tertiary/aromatic N) is 1. The molecule has 0 fully saturated rings. The van der Waals surface area contributed by atoms with E-state index in [1.807, 2.05) is 13.8 Å². The van der Waals surface area contributed by atoms with Crippen molar-refractivity contribution in [1.82, 2.24) is 9.62 Å². The number of thiophene rings is 1. The van der Waals surface area contributed by atoms with E-state index in [2.05, 4.69) is 25.1 Å². The predicted molar refractivity (Wildman–Crippen MR) is 88.9 cm³/mol. The van der Waals surface area contributed by atoms with Gasteiger partial charge in [-0.1, -0.05) is 26.7 Å². The van der Waals surface area contributed by atoms with Gasteiger partial charge in [-0.25, -0.2) is 8.42 Å². The second-order valence-corrected chi connectivity index (χ2v) is 8.55. The molecule has 0 aliphatic heterocycles. The number of terminal acetylenes is 1. The molecule has 0 radical (unpaired) electrons. The van der Waals surface area contributed by atoms with Gasteiger partial charge < -0.3 is 5.32 Å². The van der Waals surface area contributed by atoms with E-state index in [4.69, 9.17) is 6.42 Å². The first-order valence-electron chi connectivity index (χ1n) is 7.09. The van der Waals surface area contributed by atoms with Gasteiger partial charge >= 0.3 is 0 Å². The third-order valence-electron chi connectivity index (χ3n) is 3.00. The molecule has 1 N–H and O–H groups in total. The molecule has 6 heteroatoms. The Labute approximate surface area is 132 Å². The molecular formula is C15H24N2O2S2. The van der Waals surface area contributed by atoms with E-state index >= 15 is 0 Å². The van der Waals surface area contributed by atoms with Crippen LogP contribution in [0.4, 0.5) is 0 Å². The summed E-state index contributed by atoms with van der Waals surface area (Å²) in [5.41, 5.74) is 1.00. The SMILES string of the molecule is C#CCN(CCC)S(=O)(=O)c1cc(C)c(CNC(C)C)s1. The van der Waals surface area contributed by atoms with E-state index in [1.54, 1.807) is 6.07 Å². The predicted octanol–water partition coefficient (Wildman–Crippen LogP) is 2.59. The van der Waals surface area contributed by atoms with Crippen LogP contribution in [0.3, 0.4) is 0 Å². The highest BCUT2D eigenvalue weighted by atomic mass is 32.2. The van der Waals surface area contributed by atoms with Gasteiger partial charge in [0.1, 0.15) is 4.21 Å². The normalized spacial score (nSPS) is 12.0. The Morgan fingerprint density at radius 3 is 2.67 bits per heavy atom. The molecule has 1 rings (SSSR count). The third kappa shape index (κ3) is 4.82. The van der Waals surface area contributed by atoms with Gasteiger partial charge in [0.2, 0.25) is 0 Å². The lowest BCUT2D eigenvalue weighted by Crippen LogP contribution is -2.31. The summed E-state index contributed by atoms with van der Waals surface area (Å²) >= 11 is 1.33. The molecule has 1 aromatic rings. The van der Waals surface area contributed by atoms with Crippen molar-refractivity contribution in [1.29, 1.82) is 0 Å². The summed E-state index contributed by atoms with van der Waals surface area (Å²) in [6.45, 7) is 9.27. The lowest BCUT2D eigenvalue weighted by molar-refractivity contribution is 0.447. The van der Waals surface area contributed by atoms with Crippen LogP contribution in [0.5, 0.6) is 0 Å². The third-order valence-corrected chi connectivity index (χ3v) is 6.54. The lowest BCUT2D eigenvalue weighted by atomic mass is 10.3. The molecule has 0 aliphatic rings. The molecule has 0 aromatic carbocycles. The van der Waals surface area contributed by atoms with E-state index in [0.29, 0.717) is 23.3 Å². The number of sulfonamides is 1. The highest BCUT2D eigenvalue weighted by Gasteiger charge is 2.25. The van der Waals surface area contributed by atoms with Gasteiger partial charge in [0.05, 0.1) is 6.54 Å². The average molecular weight is 329 g/mol. The maximum atomic E-state index is 12.6. The van der Waals surface area contributed by atoms with Gasteiger partial charge in [0, 0.05) is 24.0 Å². The number of nitrogens with one attached hydrogen (secondary N) is 1. The summed E-state index contributed by atoms with van der Waals surface area (Å²) in [5.74, 6) is 2.43. The molecule has 0 bridgehead atoms. The lowest BCUT2D eigenvalue weighted by Gasteiger charge is -2.17. The Bertz CT molecular complexity index is 598. The Balaban J connectivity index is 3.03. The van der Waals surface area contributed by atoms with Crippen LogP contribution in [0.2, 0.25) is 0 Å². The van der Waals surface area contributed by atoms with Crippen molar-refractivity contribution in [3.8, 4) is 12.3 Å². The second-order valence-electron chi connectivity index (χ2n) is 5.25. The van der Waals surface area contributed by atoms with Crippen LogP contribution in [0.25, 0.3) is 0 Å².